The quantitative estimate of drug-likeness (QED) is 0.630. The first-order chi connectivity index (χ1) is 8.59. The van der Waals surface area contributed by atoms with Crippen molar-refractivity contribution in [2.75, 3.05) is 18.0 Å². The monoisotopic (exact) mass is 287 g/mol. The summed E-state index contributed by atoms with van der Waals surface area (Å²) in [6.45, 7) is 1.53. The van der Waals surface area contributed by atoms with E-state index in [-0.39, 0.29) is 23.8 Å². The molecule has 0 spiro atoms. The second-order valence-corrected chi connectivity index (χ2v) is 4.23. The summed E-state index contributed by atoms with van der Waals surface area (Å²) >= 11 is 0. The van der Waals surface area contributed by atoms with Crippen LogP contribution in [0.5, 0.6) is 0 Å². The zero-order valence-electron chi connectivity index (χ0n) is 10.2. The molecule has 0 unspecified atom stereocenters. The Bertz CT molecular complexity index is 489. The largest absolute Gasteiger partial charge is 0.366 e. The first-order valence-corrected chi connectivity index (χ1v) is 5.77. The Balaban J connectivity index is 0.00000180. The van der Waals surface area contributed by atoms with Crippen LogP contribution in [0.4, 0.5) is 17.1 Å². The van der Waals surface area contributed by atoms with Crippen molar-refractivity contribution in [2.24, 2.45) is 0 Å². The molecular formula is C11H14ClN3O4. The highest BCUT2D eigenvalue weighted by atomic mass is 35.5. The summed E-state index contributed by atoms with van der Waals surface area (Å²) in [5, 5.41) is 21.6. The fraction of sp³-hybridized carbons (Fsp3) is 0.455. The van der Waals surface area contributed by atoms with E-state index in [1.165, 1.54) is 12.1 Å². The number of hydrogen-bond donors (Lipinski definition) is 0. The zero-order valence-corrected chi connectivity index (χ0v) is 11.0. The van der Waals surface area contributed by atoms with Crippen molar-refractivity contribution in [3.05, 3.63) is 38.4 Å². The minimum absolute atomic E-state index is 0. The van der Waals surface area contributed by atoms with Gasteiger partial charge in [-0.1, -0.05) is 0 Å². The molecule has 2 rings (SSSR count). The van der Waals surface area contributed by atoms with Gasteiger partial charge in [0.15, 0.2) is 0 Å². The molecule has 1 aromatic carbocycles. The summed E-state index contributed by atoms with van der Waals surface area (Å²) in [6.07, 6.45) is 3.11. The van der Waals surface area contributed by atoms with Gasteiger partial charge < -0.3 is 4.90 Å². The first kappa shape index (κ1) is 15.2. The van der Waals surface area contributed by atoms with Crippen LogP contribution < -0.4 is 4.90 Å². The predicted molar refractivity (Wildman–Crippen MR) is 73.1 cm³/mol. The number of nitro benzene ring substituents is 2. The zero-order chi connectivity index (χ0) is 13.1. The number of hydrogen-bond acceptors (Lipinski definition) is 5. The normalized spacial score (nSPS) is 14.6. The highest BCUT2D eigenvalue weighted by Gasteiger charge is 2.24. The van der Waals surface area contributed by atoms with Crippen LogP contribution in [0.15, 0.2) is 18.2 Å². The van der Waals surface area contributed by atoms with Crippen molar-refractivity contribution in [2.45, 2.75) is 19.3 Å². The van der Waals surface area contributed by atoms with Crippen LogP contribution in [0.3, 0.4) is 0 Å². The van der Waals surface area contributed by atoms with Crippen molar-refractivity contribution in [1.29, 1.82) is 0 Å². The third kappa shape index (κ3) is 3.31. The molecule has 1 aromatic rings. The van der Waals surface area contributed by atoms with E-state index in [0.29, 0.717) is 5.69 Å². The minimum Gasteiger partial charge on any atom is -0.366 e. The van der Waals surface area contributed by atoms with E-state index in [2.05, 4.69) is 0 Å². The third-order valence-electron chi connectivity index (χ3n) is 3.06. The summed E-state index contributed by atoms with van der Waals surface area (Å²) in [5.41, 5.74) is 0.0406. The van der Waals surface area contributed by atoms with Gasteiger partial charge in [0.1, 0.15) is 5.69 Å². The molecule has 104 valence electrons. The number of nitrogens with zero attached hydrogens (tertiary/aromatic N) is 3. The molecule has 0 aromatic heterocycles. The van der Waals surface area contributed by atoms with E-state index >= 15 is 0 Å². The fourth-order valence-electron chi connectivity index (χ4n) is 2.17. The molecule has 19 heavy (non-hydrogen) atoms. The van der Waals surface area contributed by atoms with Crippen molar-refractivity contribution in [1.82, 2.24) is 0 Å². The van der Waals surface area contributed by atoms with Gasteiger partial charge in [0.2, 0.25) is 0 Å². The third-order valence-corrected chi connectivity index (χ3v) is 3.06. The SMILES string of the molecule is Cl.O=[N+]([O-])c1ccc(N2CCCCC2)c([N+](=O)[O-])c1. The van der Waals surface area contributed by atoms with E-state index < -0.39 is 9.85 Å². The number of piperidine rings is 1. The van der Waals surface area contributed by atoms with E-state index in [1.807, 2.05) is 4.90 Å². The molecule has 0 atom stereocenters. The first-order valence-electron chi connectivity index (χ1n) is 5.77. The van der Waals surface area contributed by atoms with Crippen LogP contribution in [0.1, 0.15) is 19.3 Å². The molecule has 0 amide bonds. The Hall–Kier alpha value is -1.89. The van der Waals surface area contributed by atoms with Gasteiger partial charge >= 0.3 is 0 Å². The number of halogens is 1. The summed E-state index contributed by atoms with van der Waals surface area (Å²) in [6, 6.07) is 3.82. The molecule has 7 nitrogen and oxygen atoms in total. The fourth-order valence-corrected chi connectivity index (χ4v) is 2.17. The van der Waals surface area contributed by atoms with Gasteiger partial charge in [-0.25, -0.2) is 0 Å². The van der Waals surface area contributed by atoms with Gasteiger partial charge in [-0.05, 0) is 25.3 Å². The number of nitro groups is 2. The lowest BCUT2D eigenvalue weighted by molar-refractivity contribution is -0.393. The van der Waals surface area contributed by atoms with Gasteiger partial charge in [0.05, 0.1) is 15.9 Å². The molecule has 8 heteroatoms. The van der Waals surface area contributed by atoms with Crippen molar-refractivity contribution in [3.8, 4) is 0 Å². The lowest BCUT2D eigenvalue weighted by Crippen LogP contribution is -2.29. The van der Waals surface area contributed by atoms with Crippen LogP contribution >= 0.6 is 12.4 Å². The van der Waals surface area contributed by atoms with Crippen molar-refractivity contribution < 1.29 is 9.85 Å². The Morgan fingerprint density at radius 1 is 1.00 bits per heavy atom. The molecule has 0 saturated carbocycles. The molecule has 0 N–H and O–H groups in total. The smallest absolute Gasteiger partial charge is 0.299 e. The Kier molecular flexibility index (Phi) is 5.05. The highest BCUT2D eigenvalue weighted by Crippen LogP contribution is 2.33. The number of non-ortho nitro benzene ring substituents is 1. The number of rotatable bonds is 3. The molecular weight excluding hydrogens is 274 g/mol. The van der Waals surface area contributed by atoms with Gasteiger partial charge in [-0.3, -0.25) is 20.2 Å². The second-order valence-electron chi connectivity index (χ2n) is 4.23. The van der Waals surface area contributed by atoms with E-state index in [4.69, 9.17) is 0 Å². The average molecular weight is 288 g/mol. The van der Waals surface area contributed by atoms with Gasteiger partial charge in [0.25, 0.3) is 11.4 Å². The van der Waals surface area contributed by atoms with Gasteiger partial charge in [-0.2, -0.15) is 0 Å². The lowest BCUT2D eigenvalue weighted by Gasteiger charge is -2.28. The summed E-state index contributed by atoms with van der Waals surface area (Å²) in [4.78, 5) is 22.4. The Morgan fingerprint density at radius 3 is 2.16 bits per heavy atom. The number of anilines is 1. The molecule has 0 radical (unpaired) electrons. The Morgan fingerprint density at radius 2 is 1.63 bits per heavy atom. The van der Waals surface area contributed by atoms with E-state index in [0.717, 1.165) is 38.4 Å². The summed E-state index contributed by atoms with van der Waals surface area (Å²) in [7, 11) is 0. The van der Waals surface area contributed by atoms with E-state index in [1.54, 1.807) is 0 Å². The number of benzene rings is 1. The van der Waals surface area contributed by atoms with E-state index in [9.17, 15) is 20.2 Å². The molecule has 1 aliphatic rings. The van der Waals surface area contributed by atoms with Crippen molar-refractivity contribution >= 4 is 29.5 Å². The van der Waals surface area contributed by atoms with Gasteiger partial charge in [-0.15, -0.1) is 12.4 Å². The summed E-state index contributed by atoms with van der Waals surface area (Å²) < 4.78 is 0. The van der Waals surface area contributed by atoms with Crippen LogP contribution in [0.2, 0.25) is 0 Å². The van der Waals surface area contributed by atoms with Crippen LogP contribution in [0, 0.1) is 20.2 Å². The molecule has 0 aliphatic carbocycles. The van der Waals surface area contributed by atoms with Crippen LogP contribution in [-0.4, -0.2) is 22.9 Å². The predicted octanol–water partition coefficient (Wildman–Crippen LogP) is 2.92. The van der Waals surface area contributed by atoms with Crippen LogP contribution in [-0.2, 0) is 0 Å². The second kappa shape index (κ2) is 6.33. The summed E-state index contributed by atoms with van der Waals surface area (Å²) in [5.74, 6) is 0. The Labute approximate surface area is 115 Å². The maximum absolute atomic E-state index is 11.0. The van der Waals surface area contributed by atoms with Crippen LogP contribution in [0.25, 0.3) is 0 Å². The maximum atomic E-state index is 11.0. The standard InChI is InChI=1S/C11H13N3O4.ClH/c15-13(16)9-4-5-10(11(8-9)14(17)18)12-6-2-1-3-7-12;/h4-5,8H,1-3,6-7H2;1H. The molecule has 1 saturated heterocycles. The average Bonchev–Trinajstić information content (AvgIpc) is 2.39. The molecule has 1 heterocycles. The minimum atomic E-state index is -0.618. The topological polar surface area (TPSA) is 89.5 Å². The van der Waals surface area contributed by atoms with Crippen molar-refractivity contribution in [3.63, 3.8) is 0 Å². The molecule has 0 bridgehead atoms. The lowest BCUT2D eigenvalue weighted by atomic mass is 10.1. The molecule has 1 aliphatic heterocycles. The van der Waals surface area contributed by atoms with Gasteiger partial charge in [0, 0.05) is 19.2 Å². The molecule has 1 fully saturated rings. The highest BCUT2D eigenvalue weighted by molar-refractivity contribution is 5.85. The maximum Gasteiger partial charge on any atom is 0.299 e.